The number of ether oxygens (including phenoxy) is 1. The first-order chi connectivity index (χ1) is 13.6. The summed E-state index contributed by atoms with van der Waals surface area (Å²) < 4.78 is 7.34. The molecule has 0 aliphatic rings. The standard InChI is InChI=1S/C22H28N4O2/c1-16(2)13-15-26-20(25-19-6-5-14-23-22(19)26)7-4-8-21(27)24-17-9-11-18(28-3)12-10-17/h5-6,9-12,14,16H,4,7-8,13,15H2,1-3H3,(H,24,27). The largest absolute Gasteiger partial charge is 0.497 e. The van der Waals surface area contributed by atoms with E-state index in [-0.39, 0.29) is 5.91 Å². The molecule has 1 N–H and O–H groups in total. The summed E-state index contributed by atoms with van der Waals surface area (Å²) in [5.74, 6) is 2.40. The average Bonchev–Trinajstić information content (AvgIpc) is 3.04. The number of fused-ring (bicyclic) bond motifs is 1. The Morgan fingerprint density at radius 1 is 1.21 bits per heavy atom. The molecule has 2 heterocycles. The van der Waals surface area contributed by atoms with Gasteiger partial charge in [-0.25, -0.2) is 9.97 Å². The number of anilines is 1. The minimum atomic E-state index is 0.00753. The highest BCUT2D eigenvalue weighted by molar-refractivity contribution is 5.90. The molecule has 0 fully saturated rings. The summed E-state index contributed by atoms with van der Waals surface area (Å²) >= 11 is 0. The Hall–Kier alpha value is -2.89. The topological polar surface area (TPSA) is 69.0 Å². The lowest BCUT2D eigenvalue weighted by molar-refractivity contribution is -0.116. The van der Waals surface area contributed by atoms with Crippen molar-refractivity contribution in [3.05, 3.63) is 48.4 Å². The first-order valence-electron chi connectivity index (χ1n) is 9.81. The molecule has 0 radical (unpaired) electrons. The number of hydrogen-bond acceptors (Lipinski definition) is 4. The first-order valence-corrected chi connectivity index (χ1v) is 9.81. The molecule has 0 spiro atoms. The fourth-order valence-corrected chi connectivity index (χ4v) is 3.12. The summed E-state index contributed by atoms with van der Waals surface area (Å²) in [6.45, 7) is 5.34. The van der Waals surface area contributed by atoms with E-state index in [2.05, 4.69) is 28.7 Å². The van der Waals surface area contributed by atoms with E-state index >= 15 is 0 Å². The Morgan fingerprint density at radius 2 is 2.00 bits per heavy atom. The van der Waals surface area contributed by atoms with Crippen LogP contribution in [0.3, 0.4) is 0 Å². The van der Waals surface area contributed by atoms with Crippen molar-refractivity contribution in [3.8, 4) is 5.75 Å². The monoisotopic (exact) mass is 380 g/mol. The van der Waals surface area contributed by atoms with Gasteiger partial charge in [0.15, 0.2) is 5.65 Å². The molecule has 0 bridgehead atoms. The summed E-state index contributed by atoms with van der Waals surface area (Å²) in [5.41, 5.74) is 2.63. The zero-order valence-corrected chi connectivity index (χ0v) is 16.8. The van der Waals surface area contributed by atoms with Gasteiger partial charge < -0.3 is 14.6 Å². The molecule has 1 amide bonds. The van der Waals surface area contributed by atoms with E-state index in [1.54, 1.807) is 7.11 Å². The van der Waals surface area contributed by atoms with E-state index in [1.165, 1.54) is 0 Å². The van der Waals surface area contributed by atoms with E-state index in [0.29, 0.717) is 12.3 Å². The maximum Gasteiger partial charge on any atom is 0.224 e. The van der Waals surface area contributed by atoms with Crippen molar-refractivity contribution in [2.45, 2.75) is 46.1 Å². The Bertz CT molecular complexity index is 916. The molecule has 28 heavy (non-hydrogen) atoms. The summed E-state index contributed by atoms with van der Waals surface area (Å²) in [6, 6.07) is 11.3. The van der Waals surface area contributed by atoms with Crippen LogP contribution in [0.4, 0.5) is 5.69 Å². The van der Waals surface area contributed by atoms with E-state index < -0.39 is 0 Å². The van der Waals surface area contributed by atoms with E-state index in [9.17, 15) is 4.79 Å². The van der Waals surface area contributed by atoms with Crippen molar-refractivity contribution >= 4 is 22.8 Å². The quantitative estimate of drug-likeness (QED) is 0.595. The Balaban J connectivity index is 1.59. The summed E-state index contributed by atoms with van der Waals surface area (Å²) in [5, 5.41) is 2.93. The number of imidazole rings is 1. The summed E-state index contributed by atoms with van der Waals surface area (Å²) in [4.78, 5) is 21.5. The third-order valence-corrected chi connectivity index (χ3v) is 4.69. The molecule has 6 nitrogen and oxygen atoms in total. The molecule has 2 aromatic heterocycles. The van der Waals surface area contributed by atoms with E-state index in [4.69, 9.17) is 9.72 Å². The van der Waals surface area contributed by atoms with Gasteiger partial charge in [0.05, 0.1) is 7.11 Å². The number of carbonyl (C=O) groups excluding carboxylic acids is 1. The predicted octanol–water partition coefficient (Wildman–Crippen LogP) is 4.45. The summed E-state index contributed by atoms with van der Waals surface area (Å²) in [6.07, 6.45) is 4.83. The third-order valence-electron chi connectivity index (χ3n) is 4.69. The van der Waals surface area contributed by atoms with Crippen LogP contribution in [0.15, 0.2) is 42.6 Å². The highest BCUT2D eigenvalue weighted by Gasteiger charge is 2.12. The number of methoxy groups -OCH3 is 1. The number of benzene rings is 1. The van der Waals surface area contributed by atoms with Crippen LogP contribution in [0.1, 0.15) is 38.9 Å². The Kier molecular flexibility index (Phi) is 6.63. The molecule has 0 aliphatic carbocycles. The van der Waals surface area contributed by atoms with Crippen molar-refractivity contribution in [2.75, 3.05) is 12.4 Å². The van der Waals surface area contributed by atoms with Crippen LogP contribution in [0, 0.1) is 5.92 Å². The second-order valence-corrected chi connectivity index (χ2v) is 7.34. The van der Waals surface area contributed by atoms with Crippen LogP contribution >= 0.6 is 0 Å². The van der Waals surface area contributed by atoms with Crippen molar-refractivity contribution < 1.29 is 9.53 Å². The number of aromatic nitrogens is 3. The number of nitrogens with one attached hydrogen (secondary N) is 1. The first kappa shape index (κ1) is 19.9. The minimum Gasteiger partial charge on any atom is -0.497 e. The number of pyridine rings is 1. The van der Waals surface area contributed by atoms with E-state index in [0.717, 1.165) is 54.2 Å². The van der Waals surface area contributed by atoms with Crippen LogP contribution in [0.25, 0.3) is 11.2 Å². The number of rotatable bonds is 9. The van der Waals surface area contributed by atoms with Gasteiger partial charge in [0.25, 0.3) is 0 Å². The molecule has 3 rings (SSSR count). The van der Waals surface area contributed by atoms with Gasteiger partial charge in [-0.3, -0.25) is 4.79 Å². The zero-order chi connectivity index (χ0) is 19.9. The highest BCUT2D eigenvalue weighted by Crippen LogP contribution is 2.18. The van der Waals surface area contributed by atoms with E-state index in [1.807, 2.05) is 42.6 Å². The van der Waals surface area contributed by atoms with Crippen LogP contribution in [0.5, 0.6) is 5.75 Å². The lowest BCUT2D eigenvalue weighted by atomic mass is 10.1. The molecule has 0 saturated heterocycles. The van der Waals surface area contributed by atoms with Gasteiger partial charge in [-0.1, -0.05) is 13.8 Å². The normalized spacial score (nSPS) is 11.1. The van der Waals surface area contributed by atoms with Crippen molar-refractivity contribution in [3.63, 3.8) is 0 Å². The van der Waals surface area contributed by atoms with Crippen molar-refractivity contribution in [2.24, 2.45) is 5.92 Å². The number of carbonyl (C=O) groups is 1. The third kappa shape index (κ3) is 5.09. The number of nitrogens with zero attached hydrogens (tertiary/aromatic N) is 3. The van der Waals surface area contributed by atoms with Gasteiger partial charge >= 0.3 is 0 Å². The lowest BCUT2D eigenvalue weighted by Gasteiger charge is -2.10. The van der Waals surface area contributed by atoms with Gasteiger partial charge in [-0.05, 0) is 55.2 Å². The van der Waals surface area contributed by atoms with Gasteiger partial charge in [0, 0.05) is 31.3 Å². The molecular formula is C22H28N4O2. The highest BCUT2D eigenvalue weighted by atomic mass is 16.5. The van der Waals surface area contributed by atoms with Crippen molar-refractivity contribution in [1.29, 1.82) is 0 Å². The Labute approximate surface area is 166 Å². The van der Waals surface area contributed by atoms with Crippen LogP contribution in [0.2, 0.25) is 0 Å². The minimum absolute atomic E-state index is 0.00753. The SMILES string of the molecule is COc1ccc(NC(=O)CCCc2nc3cccnc3n2CCC(C)C)cc1. The van der Waals surface area contributed by atoms with Crippen LogP contribution in [-0.4, -0.2) is 27.6 Å². The Morgan fingerprint density at radius 3 is 2.71 bits per heavy atom. The fourth-order valence-electron chi connectivity index (χ4n) is 3.12. The van der Waals surface area contributed by atoms with Crippen molar-refractivity contribution in [1.82, 2.24) is 14.5 Å². The zero-order valence-electron chi connectivity index (χ0n) is 16.8. The molecular weight excluding hydrogens is 352 g/mol. The van der Waals surface area contributed by atoms with Crippen LogP contribution in [-0.2, 0) is 17.8 Å². The smallest absolute Gasteiger partial charge is 0.224 e. The van der Waals surface area contributed by atoms with Gasteiger partial charge in [0.2, 0.25) is 5.91 Å². The van der Waals surface area contributed by atoms with Gasteiger partial charge in [0.1, 0.15) is 17.1 Å². The number of amides is 1. The maximum absolute atomic E-state index is 12.2. The predicted molar refractivity (Wildman–Crippen MR) is 112 cm³/mol. The molecule has 1 aromatic carbocycles. The lowest BCUT2D eigenvalue weighted by Crippen LogP contribution is -2.12. The average molecular weight is 380 g/mol. The molecule has 0 aliphatic heterocycles. The fraction of sp³-hybridized carbons (Fsp3) is 0.409. The number of aryl methyl sites for hydroxylation is 2. The molecule has 0 unspecified atom stereocenters. The molecule has 6 heteroatoms. The van der Waals surface area contributed by atoms with Crippen LogP contribution < -0.4 is 10.1 Å². The number of hydrogen-bond donors (Lipinski definition) is 1. The van der Waals surface area contributed by atoms with Gasteiger partial charge in [-0.15, -0.1) is 0 Å². The summed E-state index contributed by atoms with van der Waals surface area (Å²) in [7, 11) is 1.62. The maximum atomic E-state index is 12.2. The second-order valence-electron chi connectivity index (χ2n) is 7.34. The molecule has 148 valence electrons. The second kappa shape index (κ2) is 9.35. The molecule has 0 atom stereocenters. The van der Waals surface area contributed by atoms with Gasteiger partial charge in [-0.2, -0.15) is 0 Å². The molecule has 3 aromatic rings. The molecule has 0 saturated carbocycles.